The maximum absolute atomic E-state index is 14.2. The lowest BCUT2D eigenvalue weighted by atomic mass is 9.92. The normalized spacial score (nSPS) is 17.7. The first-order chi connectivity index (χ1) is 28.9. The third kappa shape index (κ3) is 9.72. The monoisotopic (exact) mass is 842 g/mol. The molecule has 1 saturated heterocycles. The Hall–Kier alpha value is -5.57. The molecule has 3 aliphatic rings. The van der Waals surface area contributed by atoms with Gasteiger partial charge in [0.1, 0.15) is 16.8 Å². The van der Waals surface area contributed by atoms with Crippen LogP contribution >= 0.6 is 12.2 Å². The maximum Gasteiger partial charge on any atom is 0.257 e. The summed E-state index contributed by atoms with van der Waals surface area (Å²) < 4.78 is 42.7. The summed E-state index contributed by atoms with van der Waals surface area (Å²) in [6.45, 7) is 0.964. The number of rotatable bonds is 18. The van der Waals surface area contributed by atoms with Gasteiger partial charge in [-0.3, -0.25) is 24.5 Å². The van der Waals surface area contributed by atoms with Crippen molar-refractivity contribution < 1.29 is 37.4 Å². The number of anilines is 1. The molecular weight excluding hydrogens is 791 g/mol. The second kappa shape index (κ2) is 18.8. The van der Waals surface area contributed by atoms with Crippen molar-refractivity contribution in [2.45, 2.75) is 108 Å². The van der Waals surface area contributed by atoms with E-state index in [0.29, 0.717) is 59.3 Å². The van der Waals surface area contributed by atoms with Gasteiger partial charge in [0.05, 0.1) is 24.4 Å². The van der Waals surface area contributed by atoms with Gasteiger partial charge in [-0.1, -0.05) is 68.6 Å². The zero-order chi connectivity index (χ0) is 42.4. The molecule has 15 heteroatoms. The fraction of sp³-hybridized carbons (Fsp3) is 0.444. The van der Waals surface area contributed by atoms with Gasteiger partial charge < -0.3 is 35.7 Å². The molecule has 1 aliphatic carbocycles. The molecule has 1 atom stereocenters. The Bertz CT molecular complexity index is 2270. The van der Waals surface area contributed by atoms with E-state index in [1.165, 1.54) is 4.90 Å². The number of ether oxygens (including phenoxy) is 2. The molecule has 12 nitrogen and oxygen atoms in total. The van der Waals surface area contributed by atoms with Crippen LogP contribution in [0.3, 0.4) is 0 Å². The van der Waals surface area contributed by atoms with E-state index in [1.807, 2.05) is 42.6 Å². The Kier molecular flexibility index (Phi) is 13.3. The second-order valence-electron chi connectivity index (χ2n) is 16.0. The number of unbranched alkanes of at least 4 members (excludes halogenated alkanes) is 6. The number of thiocarbonyl (C=S) groups is 1. The van der Waals surface area contributed by atoms with Crippen molar-refractivity contribution in [1.29, 1.82) is 0 Å². The van der Waals surface area contributed by atoms with Crippen LogP contribution in [0.4, 0.5) is 14.5 Å². The van der Waals surface area contributed by atoms with Crippen molar-refractivity contribution in [1.82, 2.24) is 20.1 Å². The molecule has 4 aromatic rings. The van der Waals surface area contributed by atoms with E-state index in [2.05, 4.69) is 15.2 Å². The summed E-state index contributed by atoms with van der Waals surface area (Å²) in [5, 5.41) is 6.13. The average molecular weight is 843 g/mol. The molecule has 6 N–H and O–H groups in total. The number of hydrogen-bond acceptors (Lipinski definition) is 8. The minimum absolute atomic E-state index is 0.115. The lowest BCUT2D eigenvalue weighted by molar-refractivity contribution is -0.137. The number of fused-ring (bicyclic) bond motifs is 2. The van der Waals surface area contributed by atoms with Crippen LogP contribution in [0.15, 0.2) is 60.8 Å². The molecule has 0 bridgehead atoms. The van der Waals surface area contributed by atoms with Crippen LogP contribution < -0.4 is 31.6 Å². The molecule has 1 aromatic heterocycles. The van der Waals surface area contributed by atoms with Crippen molar-refractivity contribution in [3.8, 4) is 22.6 Å². The highest BCUT2D eigenvalue weighted by Gasteiger charge is 2.40. The highest BCUT2D eigenvalue weighted by atomic mass is 32.1. The number of carbonyl (C=O) groups excluding carboxylic acids is 4. The predicted octanol–water partition coefficient (Wildman–Crippen LogP) is 7.34. The summed E-state index contributed by atoms with van der Waals surface area (Å²) in [4.78, 5) is 51.3. The smallest absolute Gasteiger partial charge is 0.257 e. The fourth-order valence-corrected chi connectivity index (χ4v) is 8.67. The van der Waals surface area contributed by atoms with E-state index in [1.54, 1.807) is 18.2 Å². The van der Waals surface area contributed by atoms with E-state index < -0.39 is 17.9 Å². The van der Waals surface area contributed by atoms with E-state index in [4.69, 9.17) is 33.2 Å². The van der Waals surface area contributed by atoms with Gasteiger partial charge in [0.25, 0.3) is 11.8 Å². The molecule has 318 valence electrons. The summed E-state index contributed by atoms with van der Waals surface area (Å²) in [5.74, 6) is -3.04. The fourth-order valence-electron chi connectivity index (χ4n) is 8.55. The molecule has 1 saturated carbocycles. The van der Waals surface area contributed by atoms with Crippen molar-refractivity contribution in [2.24, 2.45) is 5.73 Å². The number of nitrogens with zero attached hydrogens (tertiary/aromatic N) is 2. The van der Waals surface area contributed by atoms with Crippen LogP contribution in [-0.4, -0.2) is 69.8 Å². The summed E-state index contributed by atoms with van der Waals surface area (Å²) in [5.41, 5.74) is 17.5. The quantitative estimate of drug-likeness (QED) is 0.0346. The van der Waals surface area contributed by atoms with E-state index in [0.717, 1.165) is 72.5 Å². The van der Waals surface area contributed by atoms with Crippen molar-refractivity contribution in [3.05, 3.63) is 77.5 Å². The maximum atomic E-state index is 14.2. The van der Waals surface area contributed by atoms with Crippen LogP contribution in [-0.2, 0) is 20.9 Å². The van der Waals surface area contributed by atoms with E-state index >= 15 is 0 Å². The molecule has 0 radical (unpaired) electrons. The summed E-state index contributed by atoms with van der Waals surface area (Å²) in [6, 6.07) is 15.7. The summed E-state index contributed by atoms with van der Waals surface area (Å²) >= 11 is 5.23. The number of alkyl halides is 2. The first kappa shape index (κ1) is 42.6. The van der Waals surface area contributed by atoms with Gasteiger partial charge in [0.2, 0.25) is 17.7 Å². The van der Waals surface area contributed by atoms with Gasteiger partial charge in [-0.05, 0) is 68.0 Å². The summed E-state index contributed by atoms with van der Waals surface area (Å²) in [7, 11) is 0. The molecule has 2 fully saturated rings. The Morgan fingerprint density at radius 1 is 0.917 bits per heavy atom. The first-order valence-corrected chi connectivity index (χ1v) is 21.3. The minimum Gasteiger partial charge on any atom is -0.489 e. The minimum atomic E-state index is -2.65. The van der Waals surface area contributed by atoms with Gasteiger partial charge in [-0.25, -0.2) is 8.78 Å². The molecule has 0 spiro atoms. The van der Waals surface area contributed by atoms with Gasteiger partial charge in [-0.2, -0.15) is 0 Å². The Morgan fingerprint density at radius 3 is 2.40 bits per heavy atom. The Morgan fingerprint density at radius 2 is 1.65 bits per heavy atom. The molecule has 7 rings (SSSR count). The zero-order valence-corrected chi connectivity index (χ0v) is 34.4. The molecule has 60 heavy (non-hydrogen) atoms. The van der Waals surface area contributed by atoms with Gasteiger partial charge in [0, 0.05) is 65.7 Å². The van der Waals surface area contributed by atoms with Crippen molar-refractivity contribution in [2.75, 3.05) is 25.5 Å². The van der Waals surface area contributed by atoms with Crippen LogP contribution in [0.1, 0.15) is 111 Å². The predicted molar refractivity (Wildman–Crippen MR) is 229 cm³/mol. The van der Waals surface area contributed by atoms with Gasteiger partial charge >= 0.3 is 0 Å². The molecule has 4 amide bonds. The average Bonchev–Trinajstić information content (AvgIpc) is 3.78. The number of piperidine rings is 1. The highest BCUT2D eigenvalue weighted by molar-refractivity contribution is 7.80. The molecule has 3 aromatic carbocycles. The number of nitrogens with two attached hydrogens (primary N) is 2. The lowest BCUT2D eigenvalue weighted by Gasteiger charge is -2.30. The number of hydrogen-bond donors (Lipinski definition) is 4. The van der Waals surface area contributed by atoms with Crippen LogP contribution in [0.5, 0.6) is 11.5 Å². The SMILES string of the molecule is NC(=S)c1cccc(-c2cn(C3CCC(F)(F)CC3)c3c(OCCCCCCCCCNC(=O)COc4cccc5c4CN(C4CCC(=O)NC4=O)C5=O)c(N)ccc23)c1. The Balaban J connectivity index is 0.833. The first-order valence-electron chi connectivity index (χ1n) is 20.9. The lowest BCUT2D eigenvalue weighted by Crippen LogP contribution is -2.52. The van der Waals surface area contributed by atoms with E-state index in [-0.39, 0.29) is 62.6 Å². The molecular formula is C45H52F2N6O6S. The number of benzene rings is 3. The number of imide groups is 1. The number of nitrogens with one attached hydrogen (secondary N) is 2. The van der Waals surface area contributed by atoms with Crippen LogP contribution in [0.2, 0.25) is 0 Å². The third-order valence-electron chi connectivity index (χ3n) is 11.8. The van der Waals surface area contributed by atoms with Crippen LogP contribution in [0.25, 0.3) is 22.0 Å². The molecule has 2 aliphatic heterocycles. The number of amides is 4. The highest BCUT2D eigenvalue weighted by Crippen LogP contribution is 2.45. The van der Waals surface area contributed by atoms with E-state index in [9.17, 15) is 28.0 Å². The standard InChI is InChI=1S/C45H52F2N6O6S/c46-45(47)20-18-30(19-21-45)52-25-33(28-10-8-11-29(24-28)42(49)60)31-14-15-35(48)41(40(31)52)58-23-7-5-3-1-2-4-6-22-50-39(55)27-59-37-13-9-12-32-34(37)26-53(44(32)57)36-16-17-38(54)51-43(36)56/h8-15,24-25,30,36H,1-7,16-23,26-27,48H2,(H2,49,60)(H,50,55)(H,51,54,56). The Labute approximate surface area is 353 Å². The molecule has 3 heterocycles. The largest absolute Gasteiger partial charge is 0.489 e. The molecule has 1 unspecified atom stereocenters. The van der Waals surface area contributed by atoms with Gasteiger partial charge in [-0.15, -0.1) is 0 Å². The number of carbonyl (C=O) groups is 4. The zero-order valence-electron chi connectivity index (χ0n) is 33.6. The van der Waals surface area contributed by atoms with Gasteiger partial charge in [0.15, 0.2) is 12.4 Å². The summed E-state index contributed by atoms with van der Waals surface area (Å²) in [6.07, 6.45) is 9.56. The number of nitrogen functional groups attached to an aromatic ring is 1. The number of halogens is 2. The van der Waals surface area contributed by atoms with Crippen molar-refractivity contribution in [3.63, 3.8) is 0 Å². The second-order valence-corrected chi connectivity index (χ2v) is 16.4. The number of aromatic nitrogens is 1. The topological polar surface area (TPSA) is 171 Å². The van der Waals surface area contributed by atoms with Crippen LogP contribution in [0, 0.1) is 0 Å². The van der Waals surface area contributed by atoms with Crippen molar-refractivity contribution >= 4 is 57.4 Å². The third-order valence-corrected chi connectivity index (χ3v) is 12.0.